The summed E-state index contributed by atoms with van der Waals surface area (Å²) < 4.78 is 7.57. The fraction of sp³-hybridized carbons (Fsp3) is 0.750. The van der Waals surface area contributed by atoms with Gasteiger partial charge in [0.05, 0.1) is 18.4 Å². The number of hydrogen-bond acceptors (Lipinski definition) is 5. The molecule has 7 heteroatoms. The number of thioether (sulfide) groups is 1. The summed E-state index contributed by atoms with van der Waals surface area (Å²) in [4.78, 5) is 29.3. The Morgan fingerprint density at radius 3 is 2.74 bits per heavy atom. The van der Waals surface area contributed by atoms with E-state index in [-0.39, 0.29) is 17.7 Å². The average molecular weight is 392 g/mol. The fourth-order valence-corrected chi connectivity index (χ4v) is 5.41. The Hall–Kier alpha value is -1.34. The molecule has 3 aliphatic rings. The molecule has 0 radical (unpaired) electrons. The van der Waals surface area contributed by atoms with Crippen molar-refractivity contribution in [1.29, 1.82) is 0 Å². The third-order valence-electron chi connectivity index (χ3n) is 5.92. The second-order valence-electron chi connectivity index (χ2n) is 7.92. The molecule has 6 nitrogen and oxygen atoms in total. The van der Waals surface area contributed by atoms with E-state index in [9.17, 15) is 9.59 Å². The minimum atomic E-state index is -0.190. The molecule has 1 saturated carbocycles. The van der Waals surface area contributed by atoms with E-state index in [4.69, 9.17) is 4.74 Å². The molecule has 148 valence electrons. The number of nitrogens with zero attached hydrogens (tertiary/aromatic N) is 2. The molecule has 1 aromatic heterocycles. The topological polar surface area (TPSA) is 73.2 Å². The van der Waals surface area contributed by atoms with Gasteiger partial charge in [0, 0.05) is 23.9 Å². The van der Waals surface area contributed by atoms with Gasteiger partial charge in [-0.1, -0.05) is 24.6 Å². The molecular weight excluding hydrogens is 362 g/mol. The number of hydrogen-bond donors (Lipinski definition) is 1. The monoisotopic (exact) mass is 391 g/mol. The zero-order valence-electron chi connectivity index (χ0n) is 15.9. The Morgan fingerprint density at radius 1 is 1.15 bits per heavy atom. The second-order valence-corrected chi connectivity index (χ2v) is 8.88. The molecule has 27 heavy (non-hydrogen) atoms. The highest BCUT2D eigenvalue weighted by Crippen LogP contribution is 2.29. The summed E-state index contributed by atoms with van der Waals surface area (Å²) in [6.07, 6.45) is 10.9. The summed E-state index contributed by atoms with van der Waals surface area (Å²) >= 11 is 1.42. The van der Waals surface area contributed by atoms with Crippen LogP contribution in [-0.2, 0) is 28.9 Å². The van der Waals surface area contributed by atoms with Crippen LogP contribution in [0.25, 0.3) is 0 Å². The molecule has 2 heterocycles. The Bertz CT molecular complexity index is 737. The standard InChI is InChI=1S/C20H29N3O3S/c24-18(21-14-6-1-2-7-14)13-27-19-16-9-3-4-10-17(16)23(20(25)22-19)12-15-8-5-11-26-15/h14-15H,1-13H2,(H,21,24). The quantitative estimate of drug-likeness (QED) is 0.596. The van der Waals surface area contributed by atoms with Crippen molar-refractivity contribution in [2.24, 2.45) is 0 Å². The van der Waals surface area contributed by atoms with Gasteiger partial charge in [-0.3, -0.25) is 9.36 Å². The van der Waals surface area contributed by atoms with E-state index in [0.29, 0.717) is 18.3 Å². The molecule has 1 amide bonds. The van der Waals surface area contributed by atoms with Gasteiger partial charge in [-0.25, -0.2) is 4.79 Å². The van der Waals surface area contributed by atoms with Crippen molar-refractivity contribution in [3.63, 3.8) is 0 Å². The maximum Gasteiger partial charge on any atom is 0.348 e. The first kappa shape index (κ1) is 19.0. The van der Waals surface area contributed by atoms with Crippen LogP contribution in [0.3, 0.4) is 0 Å². The predicted octanol–water partition coefficient (Wildman–Crippen LogP) is 2.45. The van der Waals surface area contributed by atoms with E-state index < -0.39 is 0 Å². The number of ether oxygens (including phenoxy) is 1. The van der Waals surface area contributed by atoms with Crippen LogP contribution in [0.4, 0.5) is 0 Å². The van der Waals surface area contributed by atoms with Gasteiger partial charge in [0.25, 0.3) is 0 Å². The van der Waals surface area contributed by atoms with Crippen LogP contribution in [0.5, 0.6) is 0 Å². The lowest BCUT2D eigenvalue weighted by atomic mass is 9.97. The number of rotatable bonds is 6. The van der Waals surface area contributed by atoms with E-state index in [1.165, 1.54) is 30.2 Å². The Kier molecular flexibility index (Phi) is 6.18. The molecule has 0 spiro atoms. The highest BCUT2D eigenvalue weighted by Gasteiger charge is 2.24. The van der Waals surface area contributed by atoms with Gasteiger partial charge in [0.1, 0.15) is 5.03 Å². The summed E-state index contributed by atoms with van der Waals surface area (Å²) in [5, 5.41) is 3.88. The smallest absolute Gasteiger partial charge is 0.348 e. The van der Waals surface area contributed by atoms with Crippen LogP contribution in [0, 0.1) is 0 Å². The van der Waals surface area contributed by atoms with Gasteiger partial charge in [-0.05, 0) is 51.4 Å². The van der Waals surface area contributed by atoms with Crippen molar-refractivity contribution < 1.29 is 9.53 Å². The Balaban J connectivity index is 1.48. The van der Waals surface area contributed by atoms with Crippen molar-refractivity contribution in [2.75, 3.05) is 12.4 Å². The van der Waals surface area contributed by atoms with Crippen molar-refractivity contribution in [1.82, 2.24) is 14.9 Å². The van der Waals surface area contributed by atoms with Gasteiger partial charge in [-0.2, -0.15) is 4.98 Å². The lowest BCUT2D eigenvalue weighted by molar-refractivity contribution is -0.119. The molecule has 1 atom stereocenters. The van der Waals surface area contributed by atoms with Gasteiger partial charge < -0.3 is 10.1 Å². The zero-order chi connectivity index (χ0) is 18.6. The first-order valence-electron chi connectivity index (χ1n) is 10.4. The fourth-order valence-electron chi connectivity index (χ4n) is 4.52. The predicted molar refractivity (Wildman–Crippen MR) is 105 cm³/mol. The number of nitrogens with one attached hydrogen (secondary N) is 1. The highest BCUT2D eigenvalue weighted by atomic mass is 32.2. The Labute approximate surface area is 164 Å². The number of fused-ring (bicyclic) bond motifs is 1. The van der Waals surface area contributed by atoms with Crippen LogP contribution in [0.1, 0.15) is 62.6 Å². The van der Waals surface area contributed by atoms with Crippen molar-refractivity contribution in [3.8, 4) is 0 Å². The van der Waals surface area contributed by atoms with Crippen molar-refractivity contribution in [3.05, 3.63) is 21.7 Å². The van der Waals surface area contributed by atoms with Gasteiger partial charge in [0.2, 0.25) is 5.91 Å². The molecule has 0 aromatic carbocycles. The molecule has 1 N–H and O–H groups in total. The number of carbonyl (C=O) groups excluding carboxylic acids is 1. The molecule has 2 fully saturated rings. The van der Waals surface area contributed by atoms with Crippen molar-refractivity contribution >= 4 is 17.7 Å². The largest absolute Gasteiger partial charge is 0.376 e. The number of amides is 1. The van der Waals surface area contributed by atoms with Gasteiger partial charge >= 0.3 is 5.69 Å². The van der Waals surface area contributed by atoms with E-state index in [1.54, 1.807) is 0 Å². The molecular formula is C20H29N3O3S. The molecule has 4 rings (SSSR count). The third kappa shape index (κ3) is 4.57. The van der Waals surface area contributed by atoms with Crippen LogP contribution >= 0.6 is 11.8 Å². The molecule has 1 aromatic rings. The summed E-state index contributed by atoms with van der Waals surface area (Å²) in [7, 11) is 0. The van der Waals surface area contributed by atoms with Crippen LogP contribution in [0.2, 0.25) is 0 Å². The lowest BCUT2D eigenvalue weighted by Gasteiger charge is -2.24. The third-order valence-corrected chi connectivity index (χ3v) is 6.94. The molecule has 0 bridgehead atoms. The summed E-state index contributed by atoms with van der Waals surface area (Å²) in [6, 6.07) is 0.333. The van der Waals surface area contributed by atoms with E-state index >= 15 is 0 Å². The maximum atomic E-state index is 12.7. The second kappa shape index (κ2) is 8.78. The number of aromatic nitrogens is 2. The molecule has 1 unspecified atom stereocenters. The van der Waals surface area contributed by atoms with Gasteiger partial charge in [0.15, 0.2) is 0 Å². The van der Waals surface area contributed by atoms with E-state index in [1.807, 2.05) is 4.57 Å². The summed E-state index contributed by atoms with van der Waals surface area (Å²) in [5.74, 6) is 0.396. The average Bonchev–Trinajstić information content (AvgIpc) is 3.36. The minimum Gasteiger partial charge on any atom is -0.376 e. The lowest BCUT2D eigenvalue weighted by Crippen LogP contribution is -2.35. The van der Waals surface area contributed by atoms with Crippen LogP contribution in [-0.4, -0.2) is 40.0 Å². The van der Waals surface area contributed by atoms with E-state index in [2.05, 4.69) is 10.3 Å². The van der Waals surface area contributed by atoms with E-state index in [0.717, 1.165) is 68.7 Å². The van der Waals surface area contributed by atoms with Crippen molar-refractivity contribution in [2.45, 2.75) is 87.9 Å². The van der Waals surface area contributed by atoms with Gasteiger partial charge in [-0.15, -0.1) is 0 Å². The zero-order valence-corrected chi connectivity index (χ0v) is 16.7. The molecule has 1 aliphatic heterocycles. The van der Waals surface area contributed by atoms with Crippen LogP contribution in [0.15, 0.2) is 9.82 Å². The summed E-state index contributed by atoms with van der Waals surface area (Å²) in [6.45, 7) is 1.40. The van der Waals surface area contributed by atoms with Crippen LogP contribution < -0.4 is 11.0 Å². The first-order valence-corrected chi connectivity index (χ1v) is 11.4. The molecule has 2 aliphatic carbocycles. The molecule has 1 saturated heterocycles. The minimum absolute atomic E-state index is 0.0572. The maximum absolute atomic E-state index is 12.7. The number of carbonyl (C=O) groups is 1. The Morgan fingerprint density at radius 2 is 1.96 bits per heavy atom. The normalized spacial score (nSPS) is 22.7. The SMILES string of the molecule is O=C(CSc1nc(=O)n(CC2CCCO2)c2c1CCCC2)NC1CCCC1. The highest BCUT2D eigenvalue weighted by molar-refractivity contribution is 7.99. The summed E-state index contributed by atoms with van der Waals surface area (Å²) in [5.41, 5.74) is 2.11. The first-order chi connectivity index (χ1) is 13.2.